The molecule has 4 aromatic carbocycles. The minimum absolute atomic E-state index is 0. The fraction of sp³-hybridized carbons (Fsp3) is 0.348. The summed E-state index contributed by atoms with van der Waals surface area (Å²) in [6.07, 6.45) is -2.81. The normalized spacial score (nSPS) is 14.7. The summed E-state index contributed by atoms with van der Waals surface area (Å²) in [4.78, 5) is 32.2. The Morgan fingerprint density at radius 1 is 0.646 bits per heavy atom. The second kappa shape index (κ2) is 22.7. The molecule has 0 aliphatic carbocycles. The molecule has 0 saturated carbocycles. The summed E-state index contributed by atoms with van der Waals surface area (Å²) in [5.41, 5.74) is 2.37. The molecule has 2 aromatic heterocycles. The number of para-hydroxylation sites is 2. The fourth-order valence-electron chi connectivity index (χ4n) is 7.65. The molecule has 344 valence electrons. The van der Waals surface area contributed by atoms with Crippen molar-refractivity contribution < 1.29 is 44.8 Å². The molecule has 0 spiro atoms. The van der Waals surface area contributed by atoms with Gasteiger partial charge in [0.05, 0.1) is 13.1 Å². The van der Waals surface area contributed by atoms with Crippen molar-refractivity contribution in [1.29, 1.82) is 0 Å². The van der Waals surface area contributed by atoms with Crippen LogP contribution in [0.4, 0.5) is 37.7 Å². The van der Waals surface area contributed by atoms with E-state index < -0.39 is 36.3 Å². The first-order chi connectivity index (χ1) is 31.0. The van der Waals surface area contributed by atoms with Crippen LogP contribution in [-0.2, 0) is 22.7 Å². The van der Waals surface area contributed by atoms with Crippen LogP contribution < -0.4 is 15.1 Å². The van der Waals surface area contributed by atoms with Crippen LogP contribution >= 0.6 is 12.4 Å². The number of piperidine rings is 2. The third-order valence-electron chi connectivity index (χ3n) is 11.3. The maximum Gasteiger partial charge on any atom is 0.314 e. The highest BCUT2D eigenvalue weighted by molar-refractivity contribution is 5.95. The molecule has 2 fully saturated rings. The summed E-state index contributed by atoms with van der Waals surface area (Å²) in [6, 6.07) is 26.7. The van der Waals surface area contributed by atoms with Gasteiger partial charge in [0.1, 0.15) is 11.6 Å². The number of benzene rings is 4. The summed E-state index contributed by atoms with van der Waals surface area (Å²) in [5.74, 6) is -3.51. The number of hydrogen-bond acceptors (Lipinski definition) is 10. The largest absolute Gasteiger partial charge is 0.415 e. The minimum atomic E-state index is -2.90. The number of carbonyl (C=O) groups is 2. The molecule has 0 atom stereocenters. The predicted molar refractivity (Wildman–Crippen MR) is 232 cm³/mol. The summed E-state index contributed by atoms with van der Waals surface area (Å²) >= 11 is 0. The first-order valence-corrected chi connectivity index (χ1v) is 21.0. The first kappa shape index (κ1) is 48.3. The van der Waals surface area contributed by atoms with E-state index in [4.69, 9.17) is 8.83 Å². The van der Waals surface area contributed by atoms with E-state index in [9.17, 15) is 35.9 Å². The molecule has 6 aromatic rings. The number of amides is 2. The molecule has 2 aliphatic rings. The van der Waals surface area contributed by atoms with Crippen molar-refractivity contribution >= 4 is 35.6 Å². The van der Waals surface area contributed by atoms with E-state index in [0.29, 0.717) is 22.5 Å². The molecule has 0 unspecified atom stereocenters. The van der Waals surface area contributed by atoms with Gasteiger partial charge in [0.2, 0.25) is 23.6 Å². The number of aromatic nitrogens is 4. The van der Waals surface area contributed by atoms with Crippen LogP contribution in [0.3, 0.4) is 0 Å². The molecular weight excluding hydrogens is 878 g/mol. The smallest absolute Gasteiger partial charge is 0.314 e. The van der Waals surface area contributed by atoms with Crippen LogP contribution in [0.15, 0.2) is 106 Å². The first-order valence-electron chi connectivity index (χ1n) is 21.0. The number of carbonyl (C=O) groups excluding carboxylic acids is 2. The Morgan fingerprint density at radius 3 is 1.43 bits per heavy atom. The SMILES string of the molecule is CCN1CCC(C(=O)N(Cc2ccc(-c3nnc(C(F)F)o3)cc2F)c2ccccc2)CC1.Cl.O=C(C1CCNCC1)N(Cc1ccc(-c2nnc(C(F)F)o2)cc1F)c1ccccc1. The molecule has 2 saturated heterocycles. The van der Waals surface area contributed by atoms with E-state index >= 15 is 0 Å². The lowest BCUT2D eigenvalue weighted by Gasteiger charge is -2.34. The summed E-state index contributed by atoms with van der Waals surface area (Å²) in [6.45, 7) is 6.43. The molecule has 0 radical (unpaired) electrons. The highest BCUT2D eigenvalue weighted by Crippen LogP contribution is 2.30. The number of nitrogens with zero attached hydrogens (tertiary/aromatic N) is 7. The lowest BCUT2D eigenvalue weighted by molar-refractivity contribution is -0.124. The van der Waals surface area contributed by atoms with Crippen molar-refractivity contribution in [3.63, 3.8) is 0 Å². The topological polar surface area (TPSA) is 134 Å². The molecule has 1 N–H and O–H groups in total. The van der Waals surface area contributed by atoms with Gasteiger partial charge < -0.3 is 28.9 Å². The van der Waals surface area contributed by atoms with Gasteiger partial charge >= 0.3 is 12.9 Å². The second-order valence-corrected chi connectivity index (χ2v) is 15.4. The number of rotatable bonds is 13. The average Bonchev–Trinajstić information content (AvgIpc) is 4.04. The van der Waals surface area contributed by atoms with E-state index in [2.05, 4.69) is 37.5 Å². The number of halogens is 7. The zero-order chi connectivity index (χ0) is 45.2. The summed E-state index contributed by atoms with van der Waals surface area (Å²) in [7, 11) is 0. The maximum absolute atomic E-state index is 15.0. The van der Waals surface area contributed by atoms with Gasteiger partial charge in [-0.3, -0.25) is 9.59 Å². The van der Waals surface area contributed by atoms with Gasteiger partial charge in [-0.15, -0.1) is 32.8 Å². The quantitative estimate of drug-likeness (QED) is 0.112. The monoisotopic (exact) mass is 924 g/mol. The third kappa shape index (κ3) is 12.2. The van der Waals surface area contributed by atoms with Gasteiger partial charge in [0, 0.05) is 45.5 Å². The van der Waals surface area contributed by atoms with E-state index in [1.807, 2.05) is 60.7 Å². The van der Waals surface area contributed by atoms with Gasteiger partial charge in [0.15, 0.2) is 0 Å². The van der Waals surface area contributed by atoms with Gasteiger partial charge in [-0.2, -0.15) is 17.6 Å². The summed E-state index contributed by atoms with van der Waals surface area (Å²) < 4.78 is 90.4. The Hall–Kier alpha value is -6.11. The predicted octanol–water partition coefficient (Wildman–Crippen LogP) is 9.85. The van der Waals surface area contributed by atoms with Crippen molar-refractivity contribution in [2.24, 2.45) is 11.8 Å². The van der Waals surface area contributed by atoms with Crippen molar-refractivity contribution in [3.05, 3.63) is 132 Å². The van der Waals surface area contributed by atoms with Gasteiger partial charge in [-0.25, -0.2) is 8.78 Å². The van der Waals surface area contributed by atoms with Gasteiger partial charge in [-0.05, 0) is 107 Å². The second-order valence-electron chi connectivity index (χ2n) is 15.4. The number of anilines is 2. The summed E-state index contributed by atoms with van der Waals surface area (Å²) in [5, 5.41) is 16.9. The molecule has 2 amide bonds. The number of hydrogen-bond donors (Lipinski definition) is 1. The number of likely N-dealkylation sites (tertiary alicyclic amines) is 1. The molecule has 19 heteroatoms. The lowest BCUT2D eigenvalue weighted by atomic mass is 9.94. The van der Waals surface area contributed by atoms with Crippen LogP contribution in [-0.4, -0.2) is 69.8 Å². The van der Waals surface area contributed by atoms with E-state index in [-0.39, 0.29) is 72.1 Å². The number of alkyl halides is 4. The zero-order valence-corrected chi connectivity index (χ0v) is 36.1. The standard InChI is InChI=1S/C24H25F3N4O2.C22H21F3N4O2.ClH/c1-2-30-12-10-16(11-13-30)24(32)31(19-6-4-3-5-7-19)15-18-9-8-17(14-20(18)25)22-28-29-23(33-22)21(26)27;23-18-12-15(20-27-28-21(31-20)19(24)25)6-7-16(18)13-29(17-4-2-1-3-5-17)22(30)14-8-10-26-11-9-14;/h3-9,14,16,21H,2,10-13,15H2,1H3;1-7,12,14,19,26H,8-11,13H2;1H. The average molecular weight is 925 g/mol. The van der Waals surface area contributed by atoms with Crippen LogP contribution in [0.25, 0.3) is 22.9 Å². The maximum atomic E-state index is 15.0. The van der Waals surface area contributed by atoms with Crippen molar-refractivity contribution in [1.82, 2.24) is 30.6 Å². The van der Waals surface area contributed by atoms with Crippen LogP contribution in [0.2, 0.25) is 0 Å². The van der Waals surface area contributed by atoms with Crippen LogP contribution in [0.5, 0.6) is 0 Å². The molecule has 12 nitrogen and oxygen atoms in total. The fourth-order valence-corrected chi connectivity index (χ4v) is 7.65. The van der Waals surface area contributed by atoms with Crippen LogP contribution in [0, 0.1) is 23.5 Å². The Balaban J connectivity index is 0.000000212. The van der Waals surface area contributed by atoms with Gasteiger partial charge in [0.25, 0.3) is 11.8 Å². The molecular formula is C46H47ClF6N8O4. The molecule has 0 bridgehead atoms. The van der Waals surface area contributed by atoms with Crippen LogP contribution in [0.1, 0.15) is 68.4 Å². The Kier molecular flexibility index (Phi) is 16.9. The minimum Gasteiger partial charge on any atom is -0.415 e. The Labute approximate surface area is 377 Å². The van der Waals surface area contributed by atoms with Crippen molar-refractivity contribution in [2.75, 3.05) is 42.5 Å². The third-order valence-corrected chi connectivity index (χ3v) is 11.3. The Bertz CT molecular complexity index is 2470. The molecule has 8 rings (SSSR count). The molecule has 2 aliphatic heterocycles. The van der Waals surface area contributed by atoms with E-state index in [1.54, 1.807) is 9.80 Å². The van der Waals surface area contributed by atoms with Crippen molar-refractivity contribution in [3.8, 4) is 22.9 Å². The highest BCUT2D eigenvalue weighted by Gasteiger charge is 2.31. The lowest BCUT2D eigenvalue weighted by Crippen LogP contribution is -2.42. The molecule has 4 heterocycles. The van der Waals surface area contributed by atoms with Crippen molar-refractivity contribution in [2.45, 2.75) is 58.5 Å². The van der Waals surface area contributed by atoms with Gasteiger partial charge in [-0.1, -0.05) is 55.5 Å². The number of nitrogens with one attached hydrogen (secondary N) is 1. The van der Waals surface area contributed by atoms with E-state index in [1.165, 1.54) is 24.3 Å². The Morgan fingerprint density at radius 2 is 1.06 bits per heavy atom. The zero-order valence-electron chi connectivity index (χ0n) is 35.3. The molecule has 65 heavy (non-hydrogen) atoms. The van der Waals surface area contributed by atoms with E-state index in [0.717, 1.165) is 70.5 Å². The highest BCUT2D eigenvalue weighted by atomic mass is 35.5.